The highest BCUT2D eigenvalue weighted by Crippen LogP contribution is 2.31. The molecular formula is C21H24ClNO4. The highest BCUT2D eigenvalue weighted by Gasteiger charge is 2.20. The van der Waals surface area contributed by atoms with E-state index in [4.69, 9.17) is 21.1 Å². The number of aryl methyl sites for hydroxylation is 3. The van der Waals surface area contributed by atoms with Crippen LogP contribution in [0, 0.1) is 20.8 Å². The van der Waals surface area contributed by atoms with Gasteiger partial charge in [-0.1, -0.05) is 29.8 Å². The molecule has 0 unspecified atom stereocenters. The van der Waals surface area contributed by atoms with E-state index in [1.165, 1.54) is 14.0 Å². The second-order valence-corrected chi connectivity index (χ2v) is 6.93. The van der Waals surface area contributed by atoms with Gasteiger partial charge in [0.05, 0.1) is 19.2 Å². The molecule has 27 heavy (non-hydrogen) atoms. The summed E-state index contributed by atoms with van der Waals surface area (Å²) >= 11 is 6.07. The second kappa shape index (κ2) is 8.91. The third kappa shape index (κ3) is 5.47. The van der Waals surface area contributed by atoms with E-state index in [1.54, 1.807) is 12.1 Å². The lowest BCUT2D eigenvalue weighted by Crippen LogP contribution is -2.30. The molecule has 0 saturated carbocycles. The molecule has 0 aliphatic rings. The van der Waals surface area contributed by atoms with E-state index < -0.39 is 18.0 Å². The zero-order valence-corrected chi connectivity index (χ0v) is 16.9. The minimum atomic E-state index is -0.940. The van der Waals surface area contributed by atoms with Crippen LogP contribution in [-0.2, 0) is 20.7 Å². The van der Waals surface area contributed by atoms with Gasteiger partial charge in [-0.25, -0.2) is 0 Å². The highest BCUT2D eigenvalue weighted by molar-refractivity contribution is 6.31. The first-order valence-corrected chi connectivity index (χ1v) is 8.99. The second-order valence-electron chi connectivity index (χ2n) is 6.52. The maximum Gasteiger partial charge on any atom is 0.311 e. The van der Waals surface area contributed by atoms with Gasteiger partial charge in [-0.3, -0.25) is 9.59 Å². The van der Waals surface area contributed by atoms with Crippen LogP contribution in [0.15, 0.2) is 30.3 Å². The Labute approximate surface area is 164 Å². The van der Waals surface area contributed by atoms with Gasteiger partial charge in [0.15, 0.2) is 6.10 Å². The molecule has 0 heterocycles. The summed E-state index contributed by atoms with van der Waals surface area (Å²) in [5.41, 5.74) is 4.39. The molecule has 0 aromatic heterocycles. The van der Waals surface area contributed by atoms with Crippen molar-refractivity contribution in [1.82, 2.24) is 0 Å². The van der Waals surface area contributed by atoms with Gasteiger partial charge in [0.1, 0.15) is 5.75 Å². The minimum Gasteiger partial charge on any atom is -0.495 e. The average Bonchev–Trinajstić information content (AvgIpc) is 2.60. The van der Waals surface area contributed by atoms with Crippen LogP contribution in [0.25, 0.3) is 0 Å². The molecule has 0 bridgehead atoms. The molecule has 0 aliphatic heterocycles. The molecule has 0 fully saturated rings. The lowest BCUT2D eigenvalue weighted by atomic mass is 10.0. The third-order valence-electron chi connectivity index (χ3n) is 4.34. The van der Waals surface area contributed by atoms with Crippen LogP contribution in [0.4, 0.5) is 5.69 Å². The number of carbonyl (C=O) groups excluding carboxylic acids is 2. The molecule has 0 saturated heterocycles. The first kappa shape index (κ1) is 20.8. The Morgan fingerprint density at radius 2 is 1.78 bits per heavy atom. The van der Waals surface area contributed by atoms with Gasteiger partial charge in [0, 0.05) is 11.1 Å². The number of esters is 1. The van der Waals surface area contributed by atoms with Crippen LogP contribution in [0.5, 0.6) is 5.75 Å². The van der Waals surface area contributed by atoms with Crippen LogP contribution in [-0.4, -0.2) is 25.1 Å². The molecule has 2 aromatic rings. The predicted molar refractivity (Wildman–Crippen MR) is 107 cm³/mol. The van der Waals surface area contributed by atoms with Crippen molar-refractivity contribution in [2.24, 2.45) is 0 Å². The maximum atomic E-state index is 12.4. The first-order valence-electron chi connectivity index (χ1n) is 8.62. The summed E-state index contributed by atoms with van der Waals surface area (Å²) in [6.07, 6.45) is -0.827. The van der Waals surface area contributed by atoms with Crippen LogP contribution in [0.3, 0.4) is 0 Å². The lowest BCUT2D eigenvalue weighted by molar-refractivity contribution is -0.152. The predicted octanol–water partition coefficient (Wildman–Crippen LogP) is 4.39. The van der Waals surface area contributed by atoms with Gasteiger partial charge in [0.25, 0.3) is 5.91 Å². The van der Waals surface area contributed by atoms with Crippen LogP contribution < -0.4 is 10.1 Å². The lowest BCUT2D eigenvalue weighted by Gasteiger charge is -2.16. The van der Waals surface area contributed by atoms with Crippen molar-refractivity contribution in [3.05, 3.63) is 57.6 Å². The number of benzene rings is 2. The number of hydrogen-bond donors (Lipinski definition) is 1. The molecule has 0 spiro atoms. The van der Waals surface area contributed by atoms with Gasteiger partial charge in [0.2, 0.25) is 0 Å². The van der Waals surface area contributed by atoms with Crippen LogP contribution in [0.1, 0.15) is 29.2 Å². The third-order valence-corrected chi connectivity index (χ3v) is 4.74. The van der Waals surface area contributed by atoms with Crippen molar-refractivity contribution in [2.45, 2.75) is 40.2 Å². The number of ether oxygens (including phenoxy) is 2. The monoisotopic (exact) mass is 389 g/mol. The van der Waals surface area contributed by atoms with Crippen molar-refractivity contribution >= 4 is 29.2 Å². The Bertz CT molecular complexity index is 864. The van der Waals surface area contributed by atoms with Crippen molar-refractivity contribution in [2.75, 3.05) is 12.4 Å². The quantitative estimate of drug-likeness (QED) is 0.744. The molecule has 0 aliphatic carbocycles. The largest absolute Gasteiger partial charge is 0.495 e. The molecule has 5 nitrogen and oxygen atoms in total. The molecule has 2 aromatic carbocycles. The number of amides is 1. The summed E-state index contributed by atoms with van der Waals surface area (Å²) in [7, 11) is 1.49. The zero-order valence-electron chi connectivity index (χ0n) is 16.2. The average molecular weight is 390 g/mol. The molecular weight excluding hydrogens is 366 g/mol. The van der Waals surface area contributed by atoms with E-state index in [0.29, 0.717) is 16.5 Å². The molecule has 0 radical (unpaired) electrons. The Morgan fingerprint density at radius 3 is 2.41 bits per heavy atom. The van der Waals surface area contributed by atoms with Gasteiger partial charge >= 0.3 is 5.97 Å². The summed E-state index contributed by atoms with van der Waals surface area (Å²) in [6.45, 7) is 7.35. The topological polar surface area (TPSA) is 64.6 Å². The number of nitrogens with one attached hydrogen (secondary N) is 1. The molecule has 2 rings (SSSR count). The Morgan fingerprint density at radius 1 is 1.07 bits per heavy atom. The first-order chi connectivity index (χ1) is 12.7. The fraction of sp³-hybridized carbons (Fsp3) is 0.333. The Balaban J connectivity index is 2.00. The smallest absolute Gasteiger partial charge is 0.311 e. The Kier molecular flexibility index (Phi) is 6.86. The molecule has 1 N–H and O–H groups in total. The van der Waals surface area contributed by atoms with E-state index in [0.717, 1.165) is 22.3 Å². The standard InChI is InChI=1S/C21H24ClNO4/c1-12-6-7-16(8-13(12)2)10-20(24)27-15(4)21(25)23-18-9-14(3)17(22)11-19(18)26-5/h6-9,11,15H,10H2,1-5H3,(H,23,25)/t15-/m1/s1. The van der Waals surface area contributed by atoms with Crippen LogP contribution in [0.2, 0.25) is 5.02 Å². The summed E-state index contributed by atoms with van der Waals surface area (Å²) in [6, 6.07) is 9.13. The van der Waals surface area contributed by atoms with E-state index in [-0.39, 0.29) is 6.42 Å². The molecule has 6 heteroatoms. The number of rotatable bonds is 6. The van der Waals surface area contributed by atoms with Gasteiger partial charge in [-0.15, -0.1) is 0 Å². The van der Waals surface area contributed by atoms with E-state index in [1.807, 2.05) is 39.0 Å². The molecule has 1 atom stereocenters. The molecule has 1 amide bonds. The van der Waals surface area contributed by atoms with E-state index in [2.05, 4.69) is 5.32 Å². The fourth-order valence-electron chi connectivity index (χ4n) is 2.54. The number of halogens is 1. The number of methoxy groups -OCH3 is 1. The fourth-order valence-corrected chi connectivity index (χ4v) is 2.69. The summed E-state index contributed by atoms with van der Waals surface area (Å²) in [5.74, 6) is -0.462. The SMILES string of the molecule is COc1cc(Cl)c(C)cc1NC(=O)[C@@H](C)OC(=O)Cc1ccc(C)c(C)c1. The van der Waals surface area contributed by atoms with Crippen molar-refractivity contribution in [3.63, 3.8) is 0 Å². The van der Waals surface area contributed by atoms with Gasteiger partial charge in [-0.2, -0.15) is 0 Å². The summed E-state index contributed by atoms with van der Waals surface area (Å²) < 4.78 is 10.5. The zero-order chi connectivity index (χ0) is 20.1. The number of anilines is 1. The highest BCUT2D eigenvalue weighted by atomic mass is 35.5. The summed E-state index contributed by atoms with van der Waals surface area (Å²) in [5, 5.41) is 3.25. The van der Waals surface area contributed by atoms with Crippen LogP contribution >= 0.6 is 11.6 Å². The maximum absolute atomic E-state index is 12.4. The van der Waals surface area contributed by atoms with Gasteiger partial charge < -0.3 is 14.8 Å². The number of carbonyl (C=O) groups is 2. The van der Waals surface area contributed by atoms with Gasteiger partial charge in [-0.05, 0) is 56.0 Å². The molecule has 144 valence electrons. The van der Waals surface area contributed by atoms with E-state index >= 15 is 0 Å². The normalized spacial score (nSPS) is 11.6. The van der Waals surface area contributed by atoms with E-state index in [9.17, 15) is 9.59 Å². The van der Waals surface area contributed by atoms with Crippen molar-refractivity contribution in [1.29, 1.82) is 0 Å². The number of hydrogen-bond acceptors (Lipinski definition) is 4. The minimum absolute atomic E-state index is 0.113. The van der Waals surface area contributed by atoms with Crippen molar-refractivity contribution < 1.29 is 19.1 Å². The Hall–Kier alpha value is -2.53. The summed E-state index contributed by atoms with van der Waals surface area (Å²) in [4.78, 5) is 24.5. The van der Waals surface area contributed by atoms with Crippen molar-refractivity contribution in [3.8, 4) is 5.75 Å².